The first-order chi connectivity index (χ1) is 37.1. The van der Waals surface area contributed by atoms with Gasteiger partial charge in [-0.3, -0.25) is 9.59 Å². The molecule has 1 N–H and O–H groups in total. The highest BCUT2D eigenvalue weighted by molar-refractivity contribution is 5.70. The van der Waals surface area contributed by atoms with Gasteiger partial charge in [0.2, 0.25) is 0 Å². The molecular weight excluding hydrogens is 921 g/mol. The quantitative estimate of drug-likeness (QED) is 0.0373. The second kappa shape index (κ2) is 64.8. The first kappa shape index (κ1) is 71.6. The molecule has 0 aromatic heterocycles. The molecule has 0 aromatic carbocycles. The van der Waals surface area contributed by atoms with Crippen LogP contribution in [0.3, 0.4) is 0 Å². The van der Waals surface area contributed by atoms with E-state index >= 15 is 0 Å². The van der Waals surface area contributed by atoms with Gasteiger partial charge in [-0.15, -0.1) is 0 Å². The van der Waals surface area contributed by atoms with Crippen LogP contribution in [0, 0.1) is 0 Å². The van der Waals surface area contributed by atoms with Gasteiger partial charge < -0.3 is 14.6 Å². The second-order valence-electron chi connectivity index (χ2n) is 21.1. The van der Waals surface area contributed by atoms with Crippen LogP contribution in [0.15, 0.2) is 109 Å². The number of rotatable bonds is 58. The molecule has 0 aromatic rings. The van der Waals surface area contributed by atoms with Crippen LogP contribution >= 0.6 is 0 Å². The van der Waals surface area contributed by atoms with Crippen LogP contribution in [0.5, 0.6) is 0 Å². The predicted octanol–water partition coefficient (Wildman–Crippen LogP) is 22.0. The molecule has 5 heteroatoms. The number of aliphatic hydroxyl groups excluding tert-OH is 1. The molecule has 0 radical (unpaired) electrons. The lowest BCUT2D eigenvalue weighted by Crippen LogP contribution is -2.28. The molecule has 1 atom stereocenters. The van der Waals surface area contributed by atoms with E-state index in [0.717, 1.165) is 103 Å². The normalized spacial score (nSPS) is 12.9. The Balaban J connectivity index is 3.55. The number of carbonyl (C=O) groups is 2. The number of carbonyl (C=O) groups excluding carboxylic acids is 2. The summed E-state index contributed by atoms with van der Waals surface area (Å²) in [5.41, 5.74) is 0. The molecule has 5 nitrogen and oxygen atoms in total. The lowest BCUT2D eigenvalue weighted by molar-refractivity contribution is -0.161. The third-order valence-electron chi connectivity index (χ3n) is 13.8. The molecule has 75 heavy (non-hydrogen) atoms. The smallest absolute Gasteiger partial charge is 0.306 e. The van der Waals surface area contributed by atoms with Gasteiger partial charge in [0.1, 0.15) is 6.61 Å². The molecule has 0 aliphatic rings. The molecule has 0 amide bonds. The number of unbranched alkanes of at least 4 members (excludes halogenated alkanes) is 32. The highest BCUT2D eigenvalue weighted by Gasteiger charge is 2.16. The summed E-state index contributed by atoms with van der Waals surface area (Å²) in [7, 11) is 0. The minimum absolute atomic E-state index is 0.0828. The predicted molar refractivity (Wildman–Crippen MR) is 329 cm³/mol. The monoisotopic (exact) mass is 1040 g/mol. The Hall–Kier alpha value is -3.44. The fourth-order valence-electron chi connectivity index (χ4n) is 9.08. The Bertz CT molecular complexity index is 1460. The van der Waals surface area contributed by atoms with Crippen molar-refractivity contribution in [2.75, 3.05) is 13.2 Å². The van der Waals surface area contributed by atoms with Gasteiger partial charge in [-0.1, -0.05) is 316 Å². The number of ether oxygens (including phenoxy) is 2. The lowest BCUT2D eigenvalue weighted by atomic mass is 10.0. The van der Waals surface area contributed by atoms with Crippen molar-refractivity contribution in [1.82, 2.24) is 0 Å². The van der Waals surface area contributed by atoms with Gasteiger partial charge in [-0.05, 0) is 83.5 Å². The minimum Gasteiger partial charge on any atom is -0.462 e. The van der Waals surface area contributed by atoms with Crippen molar-refractivity contribution in [1.29, 1.82) is 0 Å². The van der Waals surface area contributed by atoms with E-state index in [1.807, 2.05) is 0 Å². The Morgan fingerprint density at radius 2 is 0.573 bits per heavy atom. The standard InChI is InChI=1S/C70H120O5/c1-3-5-7-9-11-13-15-17-19-21-23-25-27-29-31-33-35-37-39-41-43-45-47-49-51-53-55-57-59-61-63-65-70(73)75-68(66-71)67-74-69(72)64-62-60-58-56-54-52-50-48-46-44-42-40-38-36-34-32-30-28-26-24-22-20-18-16-14-12-10-8-6-4-2/h5,7,11,13,17,19,23,25,29,31,35,37,41,43,47,49,53,55,68,71H,3-4,6,8-10,12,14-16,18,20-22,24,26-28,30,32-34,36,38-40,42,44-46,48,50-52,54,56-67H2,1-2H3/b7-5-,13-11-,19-17-,25-23-,31-29-,37-35-,43-41-,49-47-,55-53-. The molecule has 0 aliphatic heterocycles. The van der Waals surface area contributed by atoms with Crippen LogP contribution in [0.25, 0.3) is 0 Å². The SMILES string of the molecule is CC/C=C\C/C=C\C/C=C\C/C=C\C/C=C\C/C=C\C/C=C\C/C=C\C/C=C\CCCCCC(=O)OC(CO)COC(=O)CCCCCCCCCCCCCCCCCCCCCCCCCCCCCCCC. The van der Waals surface area contributed by atoms with Gasteiger partial charge in [0.25, 0.3) is 0 Å². The van der Waals surface area contributed by atoms with E-state index in [2.05, 4.69) is 123 Å². The maximum Gasteiger partial charge on any atom is 0.306 e. The lowest BCUT2D eigenvalue weighted by Gasteiger charge is -2.15. The van der Waals surface area contributed by atoms with Crippen molar-refractivity contribution >= 4 is 11.9 Å². The van der Waals surface area contributed by atoms with Gasteiger partial charge in [0, 0.05) is 12.8 Å². The van der Waals surface area contributed by atoms with E-state index in [9.17, 15) is 14.7 Å². The van der Waals surface area contributed by atoms with Gasteiger partial charge in [0.05, 0.1) is 6.61 Å². The van der Waals surface area contributed by atoms with Crippen LogP contribution in [-0.4, -0.2) is 36.4 Å². The zero-order valence-corrected chi connectivity index (χ0v) is 49.3. The van der Waals surface area contributed by atoms with Crippen molar-refractivity contribution in [3.05, 3.63) is 109 Å². The van der Waals surface area contributed by atoms with Crippen molar-refractivity contribution in [2.45, 2.75) is 309 Å². The third-order valence-corrected chi connectivity index (χ3v) is 13.8. The minimum atomic E-state index is -0.797. The van der Waals surface area contributed by atoms with Gasteiger partial charge >= 0.3 is 11.9 Å². The Kier molecular flexibility index (Phi) is 61.9. The molecule has 0 aliphatic carbocycles. The maximum absolute atomic E-state index is 12.3. The van der Waals surface area contributed by atoms with Gasteiger partial charge in [-0.25, -0.2) is 0 Å². The van der Waals surface area contributed by atoms with E-state index in [1.165, 1.54) is 173 Å². The average molecular weight is 1040 g/mol. The summed E-state index contributed by atoms with van der Waals surface area (Å²) in [4.78, 5) is 24.6. The molecule has 0 fully saturated rings. The van der Waals surface area contributed by atoms with E-state index in [0.29, 0.717) is 12.8 Å². The van der Waals surface area contributed by atoms with Crippen molar-refractivity contribution in [3.8, 4) is 0 Å². The largest absolute Gasteiger partial charge is 0.462 e. The summed E-state index contributed by atoms with van der Waals surface area (Å²) in [5.74, 6) is -0.624. The topological polar surface area (TPSA) is 72.8 Å². The van der Waals surface area contributed by atoms with Crippen molar-refractivity contribution < 1.29 is 24.2 Å². The molecule has 0 rings (SSSR count). The van der Waals surface area contributed by atoms with Gasteiger partial charge in [-0.2, -0.15) is 0 Å². The Labute approximate surface area is 465 Å². The zero-order valence-electron chi connectivity index (χ0n) is 49.3. The molecule has 0 heterocycles. The summed E-state index contributed by atoms with van der Waals surface area (Å²) in [6, 6.07) is 0. The number of hydrogen-bond acceptors (Lipinski definition) is 5. The number of aliphatic hydroxyl groups is 1. The number of esters is 2. The highest BCUT2D eigenvalue weighted by atomic mass is 16.6. The van der Waals surface area contributed by atoms with Gasteiger partial charge in [0.15, 0.2) is 6.10 Å². The Morgan fingerprint density at radius 3 is 0.867 bits per heavy atom. The fraction of sp³-hybridized carbons (Fsp3) is 0.714. The van der Waals surface area contributed by atoms with Crippen LogP contribution in [0.4, 0.5) is 0 Å². The van der Waals surface area contributed by atoms with Crippen LogP contribution < -0.4 is 0 Å². The van der Waals surface area contributed by atoms with Crippen LogP contribution in [-0.2, 0) is 19.1 Å². The van der Waals surface area contributed by atoms with Crippen LogP contribution in [0.2, 0.25) is 0 Å². The Morgan fingerprint density at radius 1 is 0.320 bits per heavy atom. The molecule has 1 unspecified atom stereocenters. The molecular formula is C70H120O5. The van der Waals surface area contributed by atoms with E-state index in [4.69, 9.17) is 9.47 Å². The molecule has 0 spiro atoms. The summed E-state index contributed by atoms with van der Waals surface area (Å²) in [6.07, 6.45) is 93.8. The summed E-state index contributed by atoms with van der Waals surface area (Å²) in [5, 5.41) is 9.67. The van der Waals surface area contributed by atoms with Crippen molar-refractivity contribution in [3.63, 3.8) is 0 Å². The van der Waals surface area contributed by atoms with Crippen molar-refractivity contribution in [2.24, 2.45) is 0 Å². The van der Waals surface area contributed by atoms with E-state index in [1.54, 1.807) is 0 Å². The molecule has 0 saturated heterocycles. The number of hydrogen-bond donors (Lipinski definition) is 1. The summed E-state index contributed by atoms with van der Waals surface area (Å²) in [6.45, 7) is 4.03. The molecule has 0 bridgehead atoms. The zero-order chi connectivity index (χ0) is 54.1. The summed E-state index contributed by atoms with van der Waals surface area (Å²) >= 11 is 0. The van der Waals surface area contributed by atoms with E-state index in [-0.39, 0.29) is 25.2 Å². The maximum atomic E-state index is 12.3. The average Bonchev–Trinajstić information content (AvgIpc) is 3.41. The fourth-order valence-corrected chi connectivity index (χ4v) is 9.08. The molecule has 0 saturated carbocycles. The van der Waals surface area contributed by atoms with E-state index < -0.39 is 6.10 Å². The first-order valence-electron chi connectivity index (χ1n) is 31.9. The summed E-state index contributed by atoms with van der Waals surface area (Å²) < 4.78 is 10.7. The molecule has 430 valence electrons. The number of allylic oxidation sites excluding steroid dienone is 18. The third kappa shape index (κ3) is 63.0. The van der Waals surface area contributed by atoms with Crippen LogP contribution in [0.1, 0.15) is 303 Å². The highest BCUT2D eigenvalue weighted by Crippen LogP contribution is 2.17. The second-order valence-corrected chi connectivity index (χ2v) is 21.1. The first-order valence-corrected chi connectivity index (χ1v) is 31.9.